The molecule has 0 unspecified atom stereocenters. The number of carbonyl (C=O) groups is 2. The topological polar surface area (TPSA) is 116 Å². The maximum absolute atomic E-state index is 13.1. The number of hydrogen-bond donors (Lipinski definition) is 3. The van der Waals surface area contributed by atoms with E-state index < -0.39 is 17.9 Å². The highest BCUT2D eigenvalue weighted by Gasteiger charge is 2.27. The Balaban J connectivity index is 1.68. The van der Waals surface area contributed by atoms with Crippen LogP contribution < -0.4 is 16.3 Å². The zero-order chi connectivity index (χ0) is 22.3. The molecule has 0 spiro atoms. The van der Waals surface area contributed by atoms with E-state index in [9.17, 15) is 14.4 Å². The molecule has 0 saturated carbocycles. The lowest BCUT2D eigenvalue weighted by atomic mass is 10.0. The van der Waals surface area contributed by atoms with Gasteiger partial charge in [0.2, 0.25) is 0 Å². The van der Waals surface area contributed by atoms with Crippen LogP contribution in [-0.4, -0.2) is 28.2 Å². The fourth-order valence-corrected chi connectivity index (χ4v) is 3.19. The standard InChI is InChI=1S/C24H19N5O3/c30-22(17-11-5-2-6-12-17)26-21(24(32)28-25-15-16-9-3-1-4-10-16)20-18-13-7-8-14-19(18)23(31)29-27-20/h1-15,21H,(H,26,30)(H,28,32)(H,29,31)/b25-15-/t21-/m1/s1. The van der Waals surface area contributed by atoms with Crippen LogP contribution in [0.4, 0.5) is 0 Å². The Hall–Kier alpha value is -4.59. The minimum atomic E-state index is -1.20. The molecule has 0 aliphatic rings. The summed E-state index contributed by atoms with van der Waals surface area (Å²) >= 11 is 0. The van der Waals surface area contributed by atoms with E-state index in [4.69, 9.17) is 0 Å². The Labute approximate surface area is 183 Å². The number of nitrogens with one attached hydrogen (secondary N) is 3. The van der Waals surface area contributed by atoms with Gasteiger partial charge in [-0.15, -0.1) is 0 Å². The van der Waals surface area contributed by atoms with Crippen LogP contribution in [0.25, 0.3) is 10.8 Å². The minimum absolute atomic E-state index is 0.205. The average molecular weight is 425 g/mol. The summed E-state index contributed by atoms with van der Waals surface area (Å²) in [6.45, 7) is 0. The largest absolute Gasteiger partial charge is 0.335 e. The SMILES string of the molecule is O=C(N[C@@H](C(=O)N/N=C\c1ccccc1)c1n[nH]c(=O)c2ccccc12)c1ccccc1. The Morgan fingerprint density at radius 1 is 0.875 bits per heavy atom. The predicted molar refractivity (Wildman–Crippen MR) is 121 cm³/mol. The van der Waals surface area contributed by atoms with Gasteiger partial charge >= 0.3 is 0 Å². The minimum Gasteiger partial charge on any atom is -0.335 e. The summed E-state index contributed by atoms with van der Waals surface area (Å²) in [5, 5.41) is 14.0. The number of aromatic amines is 1. The molecule has 2 amide bonds. The molecule has 0 bridgehead atoms. The first-order valence-electron chi connectivity index (χ1n) is 9.84. The van der Waals surface area contributed by atoms with Crippen molar-refractivity contribution >= 4 is 28.8 Å². The van der Waals surface area contributed by atoms with Gasteiger partial charge in [-0.2, -0.15) is 10.2 Å². The van der Waals surface area contributed by atoms with Crippen LogP contribution in [0.5, 0.6) is 0 Å². The van der Waals surface area contributed by atoms with Gasteiger partial charge < -0.3 is 5.32 Å². The van der Waals surface area contributed by atoms with Crippen molar-refractivity contribution in [3.8, 4) is 0 Å². The van der Waals surface area contributed by atoms with E-state index in [1.165, 1.54) is 6.21 Å². The molecule has 32 heavy (non-hydrogen) atoms. The zero-order valence-electron chi connectivity index (χ0n) is 16.9. The summed E-state index contributed by atoms with van der Waals surface area (Å²) in [6, 6.07) is 23.3. The summed E-state index contributed by atoms with van der Waals surface area (Å²) in [5.74, 6) is -1.07. The molecule has 1 atom stereocenters. The number of hydrazone groups is 1. The third-order valence-electron chi connectivity index (χ3n) is 4.76. The van der Waals surface area contributed by atoms with Gasteiger partial charge in [0.05, 0.1) is 11.6 Å². The monoisotopic (exact) mass is 425 g/mol. The van der Waals surface area contributed by atoms with Crippen LogP contribution in [0.2, 0.25) is 0 Å². The van der Waals surface area contributed by atoms with Gasteiger partial charge in [0.1, 0.15) is 5.69 Å². The Morgan fingerprint density at radius 3 is 2.22 bits per heavy atom. The van der Waals surface area contributed by atoms with Crippen molar-refractivity contribution in [2.24, 2.45) is 5.10 Å². The second-order valence-electron chi connectivity index (χ2n) is 6.90. The molecule has 4 rings (SSSR count). The van der Waals surface area contributed by atoms with E-state index in [2.05, 4.69) is 26.0 Å². The summed E-state index contributed by atoms with van der Waals surface area (Å²) in [6.07, 6.45) is 1.49. The van der Waals surface area contributed by atoms with Gasteiger partial charge in [0.25, 0.3) is 17.4 Å². The number of rotatable bonds is 6. The zero-order valence-corrected chi connectivity index (χ0v) is 16.9. The second-order valence-corrected chi connectivity index (χ2v) is 6.90. The highest BCUT2D eigenvalue weighted by Crippen LogP contribution is 2.20. The number of nitrogens with zero attached hydrogens (tertiary/aromatic N) is 2. The van der Waals surface area contributed by atoms with Gasteiger partial charge in [0, 0.05) is 10.9 Å². The first-order chi connectivity index (χ1) is 15.6. The molecule has 3 aromatic carbocycles. The highest BCUT2D eigenvalue weighted by atomic mass is 16.2. The summed E-state index contributed by atoms with van der Waals surface area (Å²) < 4.78 is 0. The first kappa shape index (κ1) is 20.7. The third-order valence-corrected chi connectivity index (χ3v) is 4.76. The lowest BCUT2D eigenvalue weighted by Crippen LogP contribution is -2.40. The predicted octanol–water partition coefficient (Wildman–Crippen LogP) is 2.54. The van der Waals surface area contributed by atoms with E-state index in [0.29, 0.717) is 16.3 Å². The van der Waals surface area contributed by atoms with Crippen LogP contribution in [-0.2, 0) is 4.79 Å². The lowest BCUT2D eigenvalue weighted by Gasteiger charge is -2.18. The van der Waals surface area contributed by atoms with Crippen molar-refractivity contribution in [3.05, 3.63) is 112 Å². The van der Waals surface area contributed by atoms with Crippen LogP contribution in [0, 0.1) is 0 Å². The van der Waals surface area contributed by atoms with Crippen LogP contribution in [0.15, 0.2) is 94.8 Å². The van der Waals surface area contributed by atoms with E-state index >= 15 is 0 Å². The number of H-pyrrole nitrogens is 1. The molecule has 4 aromatic rings. The molecule has 0 aliphatic carbocycles. The molecule has 0 aliphatic heterocycles. The number of fused-ring (bicyclic) bond motifs is 1. The quantitative estimate of drug-likeness (QED) is 0.325. The summed E-state index contributed by atoms with van der Waals surface area (Å²) in [5.41, 5.74) is 3.44. The third kappa shape index (κ3) is 4.59. The maximum Gasteiger partial charge on any atom is 0.272 e. The van der Waals surface area contributed by atoms with Gasteiger partial charge in [-0.25, -0.2) is 10.5 Å². The molecular formula is C24H19N5O3. The van der Waals surface area contributed by atoms with Gasteiger partial charge in [-0.3, -0.25) is 14.4 Å². The Kier molecular flexibility index (Phi) is 6.12. The van der Waals surface area contributed by atoms with Crippen molar-refractivity contribution in [3.63, 3.8) is 0 Å². The summed E-state index contributed by atoms with van der Waals surface area (Å²) in [7, 11) is 0. The van der Waals surface area contributed by atoms with E-state index in [-0.39, 0.29) is 11.3 Å². The van der Waals surface area contributed by atoms with Crippen LogP contribution in [0.1, 0.15) is 27.7 Å². The van der Waals surface area contributed by atoms with E-state index in [1.54, 1.807) is 54.6 Å². The van der Waals surface area contributed by atoms with Gasteiger partial charge in [-0.1, -0.05) is 66.7 Å². The molecule has 8 heteroatoms. The number of benzene rings is 3. The first-order valence-corrected chi connectivity index (χ1v) is 9.84. The second kappa shape index (κ2) is 9.48. The van der Waals surface area contributed by atoms with Crippen LogP contribution >= 0.6 is 0 Å². The van der Waals surface area contributed by atoms with E-state index in [0.717, 1.165) is 5.56 Å². The lowest BCUT2D eigenvalue weighted by molar-refractivity contribution is -0.123. The number of hydrogen-bond acceptors (Lipinski definition) is 5. The van der Waals surface area contributed by atoms with Crippen molar-refractivity contribution in [2.45, 2.75) is 6.04 Å². The Bertz CT molecular complexity index is 1330. The molecular weight excluding hydrogens is 406 g/mol. The number of amides is 2. The molecule has 0 radical (unpaired) electrons. The van der Waals surface area contributed by atoms with Crippen molar-refractivity contribution in [2.75, 3.05) is 0 Å². The summed E-state index contributed by atoms with van der Waals surface area (Å²) in [4.78, 5) is 38.0. The molecule has 0 saturated heterocycles. The van der Waals surface area contributed by atoms with Gasteiger partial charge in [-0.05, 0) is 23.8 Å². The van der Waals surface area contributed by atoms with Crippen molar-refractivity contribution < 1.29 is 9.59 Å². The normalized spacial score (nSPS) is 11.9. The molecule has 3 N–H and O–H groups in total. The number of aromatic nitrogens is 2. The fraction of sp³-hybridized carbons (Fsp3) is 0.0417. The molecule has 1 heterocycles. The number of carbonyl (C=O) groups excluding carboxylic acids is 2. The van der Waals surface area contributed by atoms with Crippen molar-refractivity contribution in [1.29, 1.82) is 0 Å². The fourth-order valence-electron chi connectivity index (χ4n) is 3.19. The highest BCUT2D eigenvalue weighted by molar-refractivity contribution is 5.99. The molecule has 8 nitrogen and oxygen atoms in total. The van der Waals surface area contributed by atoms with Gasteiger partial charge in [0.15, 0.2) is 6.04 Å². The average Bonchev–Trinajstić information content (AvgIpc) is 2.84. The molecule has 1 aromatic heterocycles. The smallest absolute Gasteiger partial charge is 0.272 e. The van der Waals surface area contributed by atoms with E-state index in [1.807, 2.05) is 30.3 Å². The van der Waals surface area contributed by atoms with Crippen molar-refractivity contribution in [1.82, 2.24) is 20.9 Å². The molecule has 158 valence electrons. The molecule has 0 fully saturated rings. The van der Waals surface area contributed by atoms with Crippen LogP contribution in [0.3, 0.4) is 0 Å². The maximum atomic E-state index is 13.1. The Morgan fingerprint density at radius 2 is 1.50 bits per heavy atom.